The third kappa shape index (κ3) is 5.55. The quantitative estimate of drug-likeness (QED) is 0.580. The van der Waals surface area contributed by atoms with E-state index < -0.39 is 12.0 Å². The van der Waals surface area contributed by atoms with Gasteiger partial charge in [-0.25, -0.2) is 13.9 Å². The van der Waals surface area contributed by atoms with Gasteiger partial charge in [-0.05, 0) is 18.8 Å². The lowest BCUT2D eigenvalue weighted by molar-refractivity contribution is -0.0696. The highest BCUT2D eigenvalue weighted by Gasteiger charge is 2.25. The Morgan fingerprint density at radius 3 is 2.59 bits per heavy atom. The van der Waals surface area contributed by atoms with E-state index in [-0.39, 0.29) is 34.7 Å². The molecule has 0 radical (unpaired) electrons. The third-order valence-corrected chi connectivity index (χ3v) is 3.69. The molecule has 0 saturated carbocycles. The zero-order chi connectivity index (χ0) is 20.2. The number of nitrogen functional groups attached to an aromatic ring is 1. The molecule has 1 aliphatic rings. The standard InChI is InChI=1S/C12H10F4N4.C5H10O2/c1-6(2)10-7(3-4-12(14,15)16)9(13)8-5-18-11(17)19-20(8)10;6-5-2-1-3-7-4-5/h5-6H,1-2H3,(H2,17,19);5-6H,1-4H2. The van der Waals surface area contributed by atoms with Crippen LogP contribution in [-0.4, -0.2) is 45.2 Å². The van der Waals surface area contributed by atoms with Gasteiger partial charge in [0.05, 0.1) is 30.2 Å². The molecule has 1 aliphatic heterocycles. The highest BCUT2D eigenvalue weighted by Crippen LogP contribution is 2.27. The summed E-state index contributed by atoms with van der Waals surface area (Å²) in [6.07, 6.45) is -1.84. The first-order chi connectivity index (χ1) is 12.6. The number of aliphatic hydroxyl groups excluding tert-OH is 1. The lowest BCUT2D eigenvalue weighted by Crippen LogP contribution is -2.21. The summed E-state index contributed by atoms with van der Waals surface area (Å²) >= 11 is 0. The maximum absolute atomic E-state index is 14.1. The average molecular weight is 388 g/mol. The van der Waals surface area contributed by atoms with E-state index in [1.807, 2.05) is 5.92 Å². The molecule has 1 atom stereocenters. The van der Waals surface area contributed by atoms with E-state index in [4.69, 9.17) is 15.6 Å². The number of aliphatic hydroxyl groups is 1. The highest BCUT2D eigenvalue weighted by atomic mass is 19.4. The van der Waals surface area contributed by atoms with E-state index in [1.165, 1.54) is 0 Å². The molecule has 0 aliphatic carbocycles. The Labute approximate surface area is 153 Å². The molecule has 1 saturated heterocycles. The van der Waals surface area contributed by atoms with Crippen molar-refractivity contribution in [3.05, 3.63) is 23.3 Å². The SMILES string of the molecule is CC(C)c1c(C#CC(F)(F)F)c(F)c2cnc(N)nn12.OC1CCCOC1. The van der Waals surface area contributed by atoms with E-state index in [0.717, 1.165) is 36.1 Å². The summed E-state index contributed by atoms with van der Waals surface area (Å²) in [5.74, 6) is 1.62. The Morgan fingerprint density at radius 1 is 1.41 bits per heavy atom. The molecule has 3 N–H and O–H groups in total. The van der Waals surface area contributed by atoms with Gasteiger partial charge >= 0.3 is 6.18 Å². The highest BCUT2D eigenvalue weighted by molar-refractivity contribution is 5.59. The van der Waals surface area contributed by atoms with E-state index in [2.05, 4.69) is 10.1 Å². The first-order valence-electron chi connectivity index (χ1n) is 8.28. The smallest absolute Gasteiger partial charge is 0.391 e. The summed E-state index contributed by atoms with van der Waals surface area (Å²) in [5, 5.41) is 12.6. The molecular weight excluding hydrogens is 368 g/mol. The van der Waals surface area contributed by atoms with Crippen LogP contribution in [0.25, 0.3) is 5.52 Å². The predicted molar refractivity (Wildman–Crippen MR) is 90.4 cm³/mol. The van der Waals surface area contributed by atoms with E-state index >= 15 is 0 Å². The Morgan fingerprint density at radius 2 is 2.11 bits per heavy atom. The summed E-state index contributed by atoms with van der Waals surface area (Å²) in [4.78, 5) is 3.63. The van der Waals surface area contributed by atoms with Crippen LogP contribution in [-0.2, 0) is 4.74 Å². The maximum Gasteiger partial charge on any atom is 0.458 e. The van der Waals surface area contributed by atoms with Crippen molar-refractivity contribution in [2.24, 2.45) is 0 Å². The van der Waals surface area contributed by atoms with Crippen molar-refractivity contribution in [2.45, 2.75) is 44.9 Å². The Kier molecular flexibility index (Phi) is 6.62. The number of rotatable bonds is 1. The van der Waals surface area contributed by atoms with Crippen molar-refractivity contribution in [3.63, 3.8) is 0 Å². The summed E-state index contributed by atoms with van der Waals surface area (Å²) in [6, 6.07) is 0. The predicted octanol–water partition coefficient (Wildman–Crippen LogP) is 2.65. The first-order valence-corrected chi connectivity index (χ1v) is 8.28. The minimum atomic E-state index is -4.69. The van der Waals surface area contributed by atoms with Crippen LogP contribution in [0.15, 0.2) is 6.20 Å². The Hall–Kier alpha value is -2.38. The monoisotopic (exact) mass is 388 g/mol. The van der Waals surface area contributed by atoms with Crippen molar-refractivity contribution >= 4 is 11.5 Å². The fourth-order valence-corrected chi connectivity index (χ4v) is 2.55. The van der Waals surface area contributed by atoms with Crippen LogP contribution < -0.4 is 5.73 Å². The molecule has 0 spiro atoms. The molecule has 0 amide bonds. The van der Waals surface area contributed by atoms with Crippen LogP contribution in [0.2, 0.25) is 0 Å². The van der Waals surface area contributed by atoms with Gasteiger partial charge in [0.25, 0.3) is 0 Å². The third-order valence-electron chi connectivity index (χ3n) is 3.69. The van der Waals surface area contributed by atoms with Crippen molar-refractivity contribution < 1.29 is 27.4 Å². The number of fused-ring (bicyclic) bond motifs is 1. The second-order valence-electron chi connectivity index (χ2n) is 6.26. The number of hydrogen-bond donors (Lipinski definition) is 2. The molecule has 10 heteroatoms. The van der Waals surface area contributed by atoms with Crippen LogP contribution in [0.3, 0.4) is 0 Å². The maximum atomic E-state index is 14.1. The van der Waals surface area contributed by atoms with Crippen molar-refractivity contribution in [3.8, 4) is 11.8 Å². The summed E-state index contributed by atoms with van der Waals surface area (Å²) in [7, 11) is 0. The van der Waals surface area contributed by atoms with Crippen LogP contribution in [0.5, 0.6) is 0 Å². The zero-order valence-electron chi connectivity index (χ0n) is 14.8. The molecule has 3 heterocycles. The number of anilines is 1. The van der Waals surface area contributed by atoms with Gasteiger partial charge in [0, 0.05) is 12.5 Å². The van der Waals surface area contributed by atoms with Crippen LogP contribution >= 0.6 is 0 Å². The molecular formula is C17H20F4N4O2. The number of nitrogens with zero attached hydrogens (tertiary/aromatic N) is 3. The van der Waals surface area contributed by atoms with Gasteiger partial charge in [-0.1, -0.05) is 19.8 Å². The number of aromatic nitrogens is 3. The van der Waals surface area contributed by atoms with Gasteiger partial charge in [-0.15, -0.1) is 5.10 Å². The number of alkyl halides is 3. The molecule has 0 bridgehead atoms. The van der Waals surface area contributed by atoms with Crippen LogP contribution in [0.4, 0.5) is 23.5 Å². The molecule has 2 aromatic heterocycles. The number of ether oxygens (including phenoxy) is 1. The second-order valence-corrected chi connectivity index (χ2v) is 6.26. The first kappa shape index (κ1) is 20.9. The van der Waals surface area contributed by atoms with Gasteiger partial charge in [-0.2, -0.15) is 13.2 Å². The van der Waals surface area contributed by atoms with Gasteiger partial charge in [0.2, 0.25) is 5.95 Å². The van der Waals surface area contributed by atoms with Crippen molar-refractivity contribution in [2.75, 3.05) is 18.9 Å². The molecule has 1 fully saturated rings. The normalized spacial score (nSPS) is 17.3. The summed E-state index contributed by atoms with van der Waals surface area (Å²) in [5.41, 5.74) is 5.24. The average Bonchev–Trinajstić information content (AvgIpc) is 2.85. The van der Waals surface area contributed by atoms with E-state index in [9.17, 15) is 17.6 Å². The summed E-state index contributed by atoms with van der Waals surface area (Å²) < 4.78 is 56.7. The largest absolute Gasteiger partial charge is 0.458 e. The molecule has 1 unspecified atom stereocenters. The second kappa shape index (κ2) is 8.54. The fraction of sp³-hybridized carbons (Fsp3) is 0.529. The lowest BCUT2D eigenvalue weighted by Gasteiger charge is -2.15. The number of halogens is 4. The van der Waals surface area contributed by atoms with Crippen molar-refractivity contribution in [1.82, 2.24) is 14.6 Å². The van der Waals surface area contributed by atoms with E-state index in [0.29, 0.717) is 6.61 Å². The summed E-state index contributed by atoms with van der Waals surface area (Å²) in [6.45, 7) is 4.76. The van der Waals surface area contributed by atoms with Gasteiger partial charge in [0.15, 0.2) is 5.82 Å². The van der Waals surface area contributed by atoms with Gasteiger partial charge in [-0.3, -0.25) is 0 Å². The van der Waals surface area contributed by atoms with Gasteiger partial charge < -0.3 is 15.6 Å². The van der Waals surface area contributed by atoms with Crippen LogP contribution in [0.1, 0.15) is 43.9 Å². The minimum absolute atomic E-state index is 0.0608. The molecule has 148 valence electrons. The van der Waals surface area contributed by atoms with E-state index in [1.54, 1.807) is 13.8 Å². The zero-order valence-corrected chi connectivity index (χ0v) is 14.8. The number of nitrogens with two attached hydrogens (primary N) is 1. The van der Waals surface area contributed by atoms with Crippen molar-refractivity contribution in [1.29, 1.82) is 0 Å². The Bertz CT molecular complexity index is 846. The topological polar surface area (TPSA) is 85.7 Å². The molecule has 3 rings (SSSR count). The fourth-order valence-electron chi connectivity index (χ4n) is 2.55. The lowest BCUT2D eigenvalue weighted by atomic mass is 10.1. The molecule has 2 aromatic rings. The van der Waals surface area contributed by atoms with Gasteiger partial charge in [0.1, 0.15) is 5.52 Å². The molecule has 0 aromatic carbocycles. The van der Waals surface area contributed by atoms with Crippen LogP contribution in [0, 0.1) is 17.7 Å². The molecule has 6 nitrogen and oxygen atoms in total. The number of hydrogen-bond acceptors (Lipinski definition) is 5. The molecule has 27 heavy (non-hydrogen) atoms. The Balaban J connectivity index is 0.000000313. The minimum Gasteiger partial charge on any atom is -0.391 e.